The van der Waals surface area contributed by atoms with Crippen LogP contribution in [0.4, 0.5) is 0 Å². The molecule has 4 rings (SSSR count). The number of Topliss-reactive ketones (excluding diaryl/α,β-unsaturated/α-hetero) is 1. The Labute approximate surface area is 151 Å². The Bertz CT molecular complexity index is 1080. The van der Waals surface area contributed by atoms with E-state index in [1.165, 1.54) is 6.92 Å². The molecule has 1 aliphatic carbocycles. The fraction of sp³-hybridized carbons (Fsp3) is 0.0500. The van der Waals surface area contributed by atoms with Crippen molar-refractivity contribution in [2.45, 2.75) is 6.92 Å². The van der Waals surface area contributed by atoms with Crippen molar-refractivity contribution in [3.05, 3.63) is 81.0 Å². The molecule has 0 N–H and O–H groups in total. The quantitative estimate of drug-likeness (QED) is 0.462. The van der Waals surface area contributed by atoms with Gasteiger partial charge in [-0.15, -0.1) is 0 Å². The monoisotopic (exact) mass is 394 g/mol. The molecule has 0 fully saturated rings. The Hall–Kier alpha value is -2.79. The molecule has 1 heterocycles. The first-order chi connectivity index (χ1) is 12.0. The van der Waals surface area contributed by atoms with E-state index in [1.807, 2.05) is 6.07 Å². The van der Waals surface area contributed by atoms with Gasteiger partial charge in [-0.2, -0.15) is 0 Å². The number of furan rings is 1. The minimum Gasteiger partial charge on any atom is -0.451 e. The predicted octanol–water partition coefficient (Wildman–Crippen LogP) is 4.69. The van der Waals surface area contributed by atoms with E-state index in [9.17, 15) is 14.4 Å². The Morgan fingerprint density at radius 3 is 1.92 bits per heavy atom. The van der Waals surface area contributed by atoms with E-state index < -0.39 is 5.78 Å². The minimum atomic E-state index is -0.393. The van der Waals surface area contributed by atoms with Gasteiger partial charge >= 0.3 is 0 Å². The van der Waals surface area contributed by atoms with Crippen molar-refractivity contribution >= 4 is 33.3 Å². The molecule has 0 bridgehead atoms. The van der Waals surface area contributed by atoms with Crippen LogP contribution in [-0.4, -0.2) is 17.3 Å². The SMILES string of the molecule is CC(=O)c1oc(-c2ccccc2Br)c2c1C(=O)c1ccccc1C2=O. The Balaban J connectivity index is 2.09. The lowest BCUT2D eigenvalue weighted by molar-refractivity contribution is 0.0960. The van der Waals surface area contributed by atoms with Crippen LogP contribution in [0.2, 0.25) is 0 Å². The lowest BCUT2D eigenvalue weighted by atomic mass is 9.83. The maximum atomic E-state index is 13.1. The van der Waals surface area contributed by atoms with E-state index in [0.717, 1.165) is 0 Å². The molecule has 3 aromatic rings. The van der Waals surface area contributed by atoms with Crippen molar-refractivity contribution in [3.8, 4) is 11.3 Å². The number of carbonyl (C=O) groups is 3. The molecule has 0 aliphatic heterocycles. The van der Waals surface area contributed by atoms with Crippen molar-refractivity contribution in [1.82, 2.24) is 0 Å². The molecule has 0 spiro atoms. The summed E-state index contributed by atoms with van der Waals surface area (Å²) < 4.78 is 6.46. The largest absolute Gasteiger partial charge is 0.451 e. The lowest BCUT2D eigenvalue weighted by Gasteiger charge is -2.15. The van der Waals surface area contributed by atoms with Crippen LogP contribution < -0.4 is 0 Å². The van der Waals surface area contributed by atoms with Gasteiger partial charge in [-0.3, -0.25) is 14.4 Å². The standard InChI is InChI=1S/C20H11BrO4/c1-10(22)19-15-16(20(25-19)13-8-4-5-9-14(13)21)18(24)12-7-3-2-6-11(12)17(15)23/h2-9H,1H3. The molecule has 4 nitrogen and oxygen atoms in total. The first kappa shape index (κ1) is 15.7. The van der Waals surface area contributed by atoms with Gasteiger partial charge in [-0.05, 0) is 6.07 Å². The fourth-order valence-electron chi connectivity index (χ4n) is 3.10. The summed E-state index contributed by atoms with van der Waals surface area (Å²) in [5.41, 5.74) is 1.45. The molecule has 0 radical (unpaired) electrons. The van der Waals surface area contributed by atoms with E-state index in [4.69, 9.17) is 4.42 Å². The molecule has 2 aromatic carbocycles. The normalized spacial score (nSPS) is 12.7. The third-order valence-corrected chi connectivity index (χ3v) is 4.91. The third kappa shape index (κ3) is 2.23. The highest BCUT2D eigenvalue weighted by atomic mass is 79.9. The van der Waals surface area contributed by atoms with E-state index in [0.29, 0.717) is 21.2 Å². The molecule has 5 heteroatoms. The number of hydrogen-bond donors (Lipinski definition) is 0. The summed E-state index contributed by atoms with van der Waals surface area (Å²) in [7, 11) is 0. The van der Waals surface area contributed by atoms with Crippen LogP contribution in [0.3, 0.4) is 0 Å². The fourth-order valence-corrected chi connectivity index (χ4v) is 3.56. The summed E-state index contributed by atoms with van der Waals surface area (Å²) >= 11 is 3.43. The first-order valence-corrected chi connectivity index (χ1v) is 8.41. The second kappa shape index (κ2) is 5.63. The zero-order valence-corrected chi connectivity index (χ0v) is 14.7. The van der Waals surface area contributed by atoms with Crippen LogP contribution in [0.15, 0.2) is 57.4 Å². The molecule has 1 aliphatic rings. The van der Waals surface area contributed by atoms with Crippen LogP contribution in [0.5, 0.6) is 0 Å². The molecule has 0 amide bonds. The molecule has 122 valence electrons. The van der Waals surface area contributed by atoms with Crippen LogP contribution in [-0.2, 0) is 0 Å². The average Bonchev–Trinajstić information content (AvgIpc) is 3.01. The maximum Gasteiger partial charge on any atom is 0.198 e. The van der Waals surface area contributed by atoms with Gasteiger partial charge in [0.05, 0.1) is 11.1 Å². The number of halogens is 1. The van der Waals surface area contributed by atoms with Gasteiger partial charge in [0.15, 0.2) is 23.1 Å². The topological polar surface area (TPSA) is 64.3 Å². The Morgan fingerprint density at radius 2 is 1.36 bits per heavy atom. The van der Waals surface area contributed by atoms with E-state index in [2.05, 4.69) is 15.9 Å². The van der Waals surface area contributed by atoms with Crippen LogP contribution >= 0.6 is 15.9 Å². The highest BCUT2D eigenvalue weighted by Crippen LogP contribution is 2.40. The number of benzene rings is 2. The molecular weight excluding hydrogens is 384 g/mol. The second-order valence-corrected chi connectivity index (χ2v) is 6.60. The molecule has 1 aromatic heterocycles. The van der Waals surface area contributed by atoms with Crippen molar-refractivity contribution < 1.29 is 18.8 Å². The predicted molar refractivity (Wildman–Crippen MR) is 95.2 cm³/mol. The smallest absolute Gasteiger partial charge is 0.198 e. The number of carbonyl (C=O) groups excluding carboxylic acids is 3. The second-order valence-electron chi connectivity index (χ2n) is 5.75. The van der Waals surface area contributed by atoms with Gasteiger partial charge < -0.3 is 4.42 Å². The average molecular weight is 395 g/mol. The highest BCUT2D eigenvalue weighted by Gasteiger charge is 2.39. The van der Waals surface area contributed by atoms with Crippen LogP contribution in [0.1, 0.15) is 49.3 Å². The summed E-state index contributed by atoms with van der Waals surface area (Å²) in [5.74, 6) is -0.908. The van der Waals surface area contributed by atoms with Crippen molar-refractivity contribution in [2.75, 3.05) is 0 Å². The number of rotatable bonds is 2. The Morgan fingerprint density at radius 1 is 0.840 bits per heavy atom. The van der Waals surface area contributed by atoms with Crippen molar-refractivity contribution in [3.63, 3.8) is 0 Å². The third-order valence-electron chi connectivity index (χ3n) is 4.22. The zero-order chi connectivity index (χ0) is 17.7. The molecule has 0 atom stereocenters. The van der Waals surface area contributed by atoms with Gasteiger partial charge in [0.2, 0.25) is 0 Å². The van der Waals surface area contributed by atoms with Gasteiger partial charge in [0.1, 0.15) is 5.76 Å². The molecule has 0 unspecified atom stereocenters. The zero-order valence-electron chi connectivity index (χ0n) is 13.1. The highest BCUT2D eigenvalue weighted by molar-refractivity contribution is 9.10. The van der Waals surface area contributed by atoms with Crippen molar-refractivity contribution in [1.29, 1.82) is 0 Å². The maximum absolute atomic E-state index is 13.1. The van der Waals surface area contributed by atoms with Gasteiger partial charge in [-0.1, -0.05) is 58.4 Å². The van der Waals surface area contributed by atoms with Gasteiger partial charge in [-0.25, -0.2) is 0 Å². The first-order valence-electron chi connectivity index (χ1n) is 7.61. The number of ketones is 3. The summed E-state index contributed by atoms with van der Waals surface area (Å²) in [5, 5.41) is 0. The van der Waals surface area contributed by atoms with Crippen molar-refractivity contribution in [2.24, 2.45) is 0 Å². The molecule has 25 heavy (non-hydrogen) atoms. The van der Waals surface area contributed by atoms with E-state index in [1.54, 1.807) is 42.5 Å². The molecular formula is C20H11BrO4. The van der Waals surface area contributed by atoms with Crippen LogP contribution in [0, 0.1) is 0 Å². The number of fused-ring (bicyclic) bond motifs is 2. The number of hydrogen-bond acceptors (Lipinski definition) is 4. The van der Waals surface area contributed by atoms with E-state index >= 15 is 0 Å². The Kier molecular flexibility index (Phi) is 3.54. The molecule has 0 saturated carbocycles. The minimum absolute atomic E-state index is 0.0574. The van der Waals surface area contributed by atoms with Gasteiger partial charge in [0.25, 0.3) is 0 Å². The summed E-state index contributed by atoms with van der Waals surface area (Å²) in [6.45, 7) is 1.32. The summed E-state index contributed by atoms with van der Waals surface area (Å²) in [4.78, 5) is 38.0. The van der Waals surface area contributed by atoms with Crippen LogP contribution in [0.25, 0.3) is 11.3 Å². The lowest BCUT2D eigenvalue weighted by Crippen LogP contribution is -2.21. The van der Waals surface area contributed by atoms with E-state index in [-0.39, 0.29) is 34.2 Å². The summed E-state index contributed by atoms with van der Waals surface area (Å²) in [6, 6.07) is 13.8. The van der Waals surface area contributed by atoms with Gasteiger partial charge in [0, 0.05) is 28.1 Å². The molecule has 0 saturated heterocycles. The summed E-state index contributed by atoms with van der Waals surface area (Å²) in [6.07, 6.45) is 0.